The molecule has 0 rings (SSSR count). The molecule has 2 atom stereocenters. The number of rotatable bonds is 9. The van der Waals surface area contributed by atoms with Gasteiger partial charge in [-0.25, -0.2) is 9.59 Å². The molecule has 0 bridgehead atoms. The van der Waals surface area contributed by atoms with Crippen molar-refractivity contribution in [2.45, 2.75) is 57.7 Å². The number of carboxylic acid groups (broad SMARTS) is 1. The molecule has 0 spiro atoms. The first-order chi connectivity index (χ1) is 10.6. The molecule has 4 N–H and O–H groups in total. The predicted molar refractivity (Wildman–Crippen MR) is 81.6 cm³/mol. The second kappa shape index (κ2) is 9.65. The molecule has 0 aliphatic heterocycles. The molecule has 0 aromatic carbocycles. The Morgan fingerprint density at radius 3 is 2.43 bits per heavy atom. The van der Waals surface area contributed by atoms with Crippen LogP contribution in [0.5, 0.6) is 0 Å². The number of aliphatic carboxylic acids is 1. The molecular weight excluding hydrogens is 306 g/mol. The van der Waals surface area contributed by atoms with E-state index >= 15 is 0 Å². The number of Topliss-reactive ketones (excluding diaryl/α,β-unsaturated/α-hetero) is 1. The molecule has 0 aliphatic rings. The van der Waals surface area contributed by atoms with Crippen molar-refractivity contribution in [3.63, 3.8) is 0 Å². The summed E-state index contributed by atoms with van der Waals surface area (Å²) in [4.78, 5) is 36.6. The third-order valence-corrected chi connectivity index (χ3v) is 2.70. The van der Waals surface area contributed by atoms with Gasteiger partial charge in [-0.3, -0.25) is 4.79 Å². The lowest BCUT2D eigenvalue weighted by Gasteiger charge is -2.22. The highest BCUT2D eigenvalue weighted by Crippen LogP contribution is 2.09. The van der Waals surface area contributed by atoms with Crippen molar-refractivity contribution in [2.75, 3.05) is 6.54 Å². The average molecular weight is 329 g/mol. The molecule has 0 aliphatic carbocycles. The monoisotopic (exact) mass is 329 g/mol. The first kappa shape index (κ1) is 20.7. The highest BCUT2D eigenvalue weighted by molar-refractivity contribution is 5.85. The Hall–Kier alpha value is -2.32. The van der Waals surface area contributed by atoms with Crippen LogP contribution in [0.2, 0.25) is 0 Å². The molecule has 0 heterocycles. The number of ketones is 1. The number of hydrogen-bond donors (Lipinski definition) is 3. The Labute approximate surface area is 134 Å². The van der Waals surface area contributed by atoms with Gasteiger partial charge in [-0.15, -0.1) is 0 Å². The largest absolute Gasteiger partial charge is 0.480 e. The summed E-state index contributed by atoms with van der Waals surface area (Å²) in [5, 5.41) is 14.5. The highest BCUT2D eigenvalue weighted by atomic mass is 16.6. The number of carboxylic acids is 1. The molecule has 0 aromatic heterocycles. The van der Waals surface area contributed by atoms with Crippen LogP contribution < -0.4 is 11.1 Å². The Balaban J connectivity index is 4.34. The van der Waals surface area contributed by atoms with Gasteiger partial charge in [-0.1, -0.05) is 5.11 Å². The summed E-state index contributed by atoms with van der Waals surface area (Å²) in [6, 6.07) is -1.97. The minimum absolute atomic E-state index is 0.0943. The van der Waals surface area contributed by atoms with Gasteiger partial charge in [0.05, 0.1) is 12.6 Å². The maximum atomic E-state index is 11.6. The smallest absolute Gasteiger partial charge is 0.408 e. The van der Waals surface area contributed by atoms with Crippen LogP contribution in [0, 0.1) is 0 Å². The van der Waals surface area contributed by atoms with Crippen molar-refractivity contribution in [3.05, 3.63) is 10.4 Å². The van der Waals surface area contributed by atoms with Gasteiger partial charge in [0.15, 0.2) is 5.78 Å². The van der Waals surface area contributed by atoms with E-state index in [9.17, 15) is 14.4 Å². The van der Waals surface area contributed by atoms with Crippen molar-refractivity contribution in [3.8, 4) is 0 Å². The fraction of sp³-hybridized carbons (Fsp3) is 0.769. The molecule has 0 saturated carbocycles. The number of ether oxygens (including phenoxy) is 1. The molecule has 10 heteroatoms. The van der Waals surface area contributed by atoms with Gasteiger partial charge in [0.1, 0.15) is 11.6 Å². The zero-order chi connectivity index (χ0) is 18.0. The van der Waals surface area contributed by atoms with Crippen molar-refractivity contribution >= 4 is 17.8 Å². The van der Waals surface area contributed by atoms with Gasteiger partial charge in [0.25, 0.3) is 0 Å². The maximum Gasteiger partial charge on any atom is 0.408 e. The van der Waals surface area contributed by atoms with Crippen LogP contribution in [0.25, 0.3) is 10.4 Å². The first-order valence-electron chi connectivity index (χ1n) is 7.08. The van der Waals surface area contributed by atoms with Gasteiger partial charge in [0, 0.05) is 4.91 Å². The second-order valence-corrected chi connectivity index (χ2v) is 5.93. The van der Waals surface area contributed by atoms with Crippen LogP contribution in [0.15, 0.2) is 5.11 Å². The molecule has 0 fully saturated rings. The van der Waals surface area contributed by atoms with E-state index in [-0.39, 0.29) is 19.4 Å². The minimum Gasteiger partial charge on any atom is -0.480 e. The first-order valence-corrected chi connectivity index (χ1v) is 7.08. The lowest BCUT2D eigenvalue weighted by Crippen LogP contribution is -2.43. The molecule has 0 aromatic rings. The van der Waals surface area contributed by atoms with Crippen molar-refractivity contribution in [1.82, 2.24) is 5.32 Å². The van der Waals surface area contributed by atoms with Gasteiger partial charge >= 0.3 is 12.1 Å². The second-order valence-electron chi connectivity index (χ2n) is 5.93. The van der Waals surface area contributed by atoms with Gasteiger partial charge < -0.3 is 20.9 Å². The average Bonchev–Trinajstić information content (AvgIpc) is 2.41. The van der Waals surface area contributed by atoms with E-state index in [2.05, 4.69) is 15.3 Å². The fourth-order valence-corrected chi connectivity index (χ4v) is 1.63. The van der Waals surface area contributed by atoms with Gasteiger partial charge in [-0.2, -0.15) is 0 Å². The number of nitrogens with two attached hydrogens (primary N) is 1. The Morgan fingerprint density at radius 1 is 1.35 bits per heavy atom. The molecule has 23 heavy (non-hydrogen) atoms. The molecule has 10 nitrogen and oxygen atoms in total. The topological polar surface area (TPSA) is 167 Å². The lowest BCUT2D eigenvalue weighted by atomic mass is 10.0. The number of azide groups is 1. The SMILES string of the molecule is CC(C)(C)OC(=O)N[C@@H](CCCC(N)C(=O)CN=[N+]=[N-])C(=O)O. The minimum atomic E-state index is -1.20. The van der Waals surface area contributed by atoms with Crippen LogP contribution in [0.4, 0.5) is 4.79 Å². The molecule has 1 amide bonds. The zero-order valence-corrected chi connectivity index (χ0v) is 13.5. The van der Waals surface area contributed by atoms with Crippen molar-refractivity contribution in [1.29, 1.82) is 0 Å². The van der Waals surface area contributed by atoms with Crippen LogP contribution in [0.1, 0.15) is 40.0 Å². The number of nitrogens with one attached hydrogen (secondary N) is 1. The molecule has 130 valence electrons. The zero-order valence-electron chi connectivity index (χ0n) is 13.5. The van der Waals surface area contributed by atoms with Crippen LogP contribution in [0.3, 0.4) is 0 Å². The van der Waals surface area contributed by atoms with Gasteiger partial charge in [-0.05, 0) is 45.6 Å². The van der Waals surface area contributed by atoms with Crippen LogP contribution in [-0.4, -0.2) is 47.2 Å². The maximum absolute atomic E-state index is 11.6. The third-order valence-electron chi connectivity index (χ3n) is 2.70. The lowest BCUT2D eigenvalue weighted by molar-refractivity contribution is -0.139. The highest BCUT2D eigenvalue weighted by Gasteiger charge is 2.24. The summed E-state index contributed by atoms with van der Waals surface area (Å²) in [6.07, 6.45) is -0.208. The summed E-state index contributed by atoms with van der Waals surface area (Å²) in [7, 11) is 0. The predicted octanol–water partition coefficient (Wildman–Crippen LogP) is 1.34. The number of carbonyl (C=O) groups excluding carboxylic acids is 2. The normalized spacial score (nSPS) is 13.4. The summed E-state index contributed by atoms with van der Waals surface area (Å²) in [5.74, 6) is -1.63. The quantitative estimate of drug-likeness (QED) is 0.327. The van der Waals surface area contributed by atoms with E-state index < -0.39 is 35.5 Å². The summed E-state index contributed by atoms with van der Waals surface area (Å²) >= 11 is 0. The summed E-state index contributed by atoms with van der Waals surface area (Å²) < 4.78 is 4.99. The Morgan fingerprint density at radius 2 is 1.96 bits per heavy atom. The van der Waals surface area contributed by atoms with E-state index in [1.165, 1.54) is 0 Å². The Bertz CT molecular complexity index is 482. The van der Waals surface area contributed by atoms with Crippen LogP contribution >= 0.6 is 0 Å². The molecule has 0 saturated heterocycles. The summed E-state index contributed by atoms with van der Waals surface area (Å²) in [5.41, 5.74) is 13.0. The van der Waals surface area contributed by atoms with E-state index in [1.807, 2.05) is 0 Å². The number of alkyl carbamates (subject to hydrolysis) is 1. The van der Waals surface area contributed by atoms with E-state index in [0.29, 0.717) is 6.42 Å². The van der Waals surface area contributed by atoms with E-state index in [0.717, 1.165) is 0 Å². The fourth-order valence-electron chi connectivity index (χ4n) is 1.63. The van der Waals surface area contributed by atoms with Crippen LogP contribution in [-0.2, 0) is 14.3 Å². The summed E-state index contributed by atoms with van der Waals surface area (Å²) in [6.45, 7) is 4.65. The van der Waals surface area contributed by atoms with E-state index in [1.54, 1.807) is 20.8 Å². The molecule has 0 radical (unpaired) electrons. The van der Waals surface area contributed by atoms with Gasteiger partial charge in [0.2, 0.25) is 0 Å². The van der Waals surface area contributed by atoms with E-state index in [4.69, 9.17) is 21.1 Å². The number of carbonyl (C=O) groups is 3. The standard InChI is InChI=1S/C13H23N5O5/c1-13(2,3)23-12(22)17-9(11(20)21)6-4-5-8(14)10(19)7-16-18-15/h8-9H,4-7,14H2,1-3H3,(H,17,22)(H,20,21)/t8?,9-/m0/s1. The van der Waals surface area contributed by atoms with Crippen molar-refractivity contribution < 1.29 is 24.2 Å². The molecule has 1 unspecified atom stereocenters. The van der Waals surface area contributed by atoms with Crippen molar-refractivity contribution in [2.24, 2.45) is 10.8 Å². The number of nitrogens with zero attached hydrogens (tertiary/aromatic N) is 3. The number of amides is 1. The Kier molecular flexibility index (Phi) is 8.67. The third kappa shape index (κ3) is 10.1. The molecular formula is C13H23N5O5. The number of hydrogen-bond acceptors (Lipinski definition) is 6.